The average Bonchev–Trinajstić information content (AvgIpc) is 1.77. The van der Waals surface area contributed by atoms with Crippen LogP contribution in [0.3, 0.4) is 0 Å². The molecule has 5 heteroatoms. The van der Waals surface area contributed by atoms with Crippen LogP contribution < -0.4 is 0 Å². The van der Waals surface area contributed by atoms with Gasteiger partial charge < -0.3 is 4.74 Å². The fourth-order valence-electron chi connectivity index (χ4n) is 2.13. The minimum absolute atomic E-state index is 0.348. The molecule has 1 saturated carbocycles. The van der Waals surface area contributed by atoms with Gasteiger partial charge in [-0.3, -0.25) is 4.18 Å². The van der Waals surface area contributed by atoms with Crippen molar-refractivity contribution in [2.45, 2.75) is 12.8 Å². The highest BCUT2D eigenvalue weighted by atomic mass is 32.2. The zero-order valence-corrected chi connectivity index (χ0v) is 8.47. The Bertz CT molecular complexity index is 283. The number of hydrogen-bond donors (Lipinski definition) is 0. The van der Waals surface area contributed by atoms with E-state index in [0.29, 0.717) is 17.9 Å². The lowest BCUT2D eigenvalue weighted by atomic mass is 9.61. The van der Waals surface area contributed by atoms with Crippen LogP contribution in [0.15, 0.2) is 0 Å². The smallest absolute Gasteiger partial charge is 0.264 e. The van der Waals surface area contributed by atoms with E-state index >= 15 is 0 Å². The summed E-state index contributed by atoms with van der Waals surface area (Å²) < 4.78 is 31.2. The molecule has 1 aliphatic heterocycles. The van der Waals surface area contributed by atoms with Crippen molar-refractivity contribution in [3.05, 3.63) is 0 Å². The Hall–Kier alpha value is -0.130. The summed E-state index contributed by atoms with van der Waals surface area (Å²) >= 11 is 0. The maximum absolute atomic E-state index is 10.7. The van der Waals surface area contributed by atoms with Crippen LogP contribution in [-0.4, -0.2) is 34.5 Å². The summed E-state index contributed by atoms with van der Waals surface area (Å²) in [7, 11) is -3.25. The van der Waals surface area contributed by atoms with Crippen LogP contribution in [0.5, 0.6) is 0 Å². The maximum Gasteiger partial charge on any atom is 0.264 e. The van der Waals surface area contributed by atoms with E-state index in [9.17, 15) is 8.42 Å². The molecule has 0 atom stereocenters. The average molecular weight is 206 g/mol. The van der Waals surface area contributed by atoms with Crippen LogP contribution in [0.1, 0.15) is 12.8 Å². The van der Waals surface area contributed by atoms with Crippen molar-refractivity contribution < 1.29 is 17.3 Å². The van der Waals surface area contributed by atoms with E-state index in [-0.39, 0.29) is 0 Å². The van der Waals surface area contributed by atoms with Crippen molar-refractivity contribution in [3.63, 3.8) is 0 Å². The van der Waals surface area contributed by atoms with E-state index in [1.54, 1.807) is 0 Å². The first kappa shape index (κ1) is 9.43. The van der Waals surface area contributed by atoms with E-state index in [1.807, 2.05) is 0 Å². The summed E-state index contributed by atoms with van der Waals surface area (Å²) in [5.41, 5.74) is 0.394. The molecule has 0 unspecified atom stereocenters. The molecule has 4 nitrogen and oxygen atoms in total. The first-order valence-electron chi connectivity index (χ1n) is 4.41. The van der Waals surface area contributed by atoms with Crippen molar-refractivity contribution in [1.29, 1.82) is 0 Å². The number of hydrogen-bond acceptors (Lipinski definition) is 4. The summed E-state index contributed by atoms with van der Waals surface area (Å²) in [4.78, 5) is 0. The molecular weight excluding hydrogens is 192 g/mol. The Labute approximate surface area is 78.3 Å². The van der Waals surface area contributed by atoms with Gasteiger partial charge >= 0.3 is 0 Å². The third-order valence-electron chi connectivity index (χ3n) is 2.78. The van der Waals surface area contributed by atoms with Crippen molar-refractivity contribution in [2.75, 3.05) is 26.1 Å². The molecule has 0 bridgehead atoms. The molecule has 1 saturated heterocycles. The van der Waals surface area contributed by atoms with Gasteiger partial charge in [-0.2, -0.15) is 8.42 Å². The largest absolute Gasteiger partial charge is 0.380 e. The SMILES string of the molecule is CS(=O)(=O)OCC1CC2(COC2)C1. The predicted octanol–water partition coefficient (Wildman–Crippen LogP) is 0.389. The van der Waals surface area contributed by atoms with E-state index < -0.39 is 10.1 Å². The van der Waals surface area contributed by atoms with Gasteiger partial charge in [0.2, 0.25) is 0 Å². The van der Waals surface area contributed by atoms with Gasteiger partial charge in [-0.15, -0.1) is 0 Å². The van der Waals surface area contributed by atoms with Gasteiger partial charge in [-0.25, -0.2) is 0 Å². The van der Waals surface area contributed by atoms with E-state index in [4.69, 9.17) is 8.92 Å². The highest BCUT2D eigenvalue weighted by Gasteiger charge is 2.49. The first-order valence-corrected chi connectivity index (χ1v) is 6.23. The quantitative estimate of drug-likeness (QED) is 0.627. The Morgan fingerprint density at radius 3 is 2.46 bits per heavy atom. The molecule has 0 N–H and O–H groups in total. The van der Waals surface area contributed by atoms with Crippen molar-refractivity contribution in [3.8, 4) is 0 Å². The fraction of sp³-hybridized carbons (Fsp3) is 1.00. The molecule has 1 heterocycles. The van der Waals surface area contributed by atoms with E-state index in [0.717, 1.165) is 32.3 Å². The lowest BCUT2D eigenvalue weighted by molar-refractivity contribution is -0.182. The van der Waals surface area contributed by atoms with Gasteiger partial charge in [0.05, 0.1) is 26.1 Å². The zero-order valence-electron chi connectivity index (χ0n) is 7.65. The van der Waals surface area contributed by atoms with Crippen LogP contribution in [-0.2, 0) is 19.0 Å². The third kappa shape index (κ3) is 2.03. The van der Waals surface area contributed by atoms with Gasteiger partial charge in [0.15, 0.2) is 0 Å². The maximum atomic E-state index is 10.7. The second kappa shape index (κ2) is 2.93. The monoisotopic (exact) mass is 206 g/mol. The van der Waals surface area contributed by atoms with Gasteiger partial charge in [0.1, 0.15) is 0 Å². The Morgan fingerprint density at radius 1 is 1.46 bits per heavy atom. The molecular formula is C8H14O4S. The minimum Gasteiger partial charge on any atom is -0.380 e. The van der Waals surface area contributed by atoms with Gasteiger partial charge in [-0.05, 0) is 18.8 Å². The van der Waals surface area contributed by atoms with Crippen LogP contribution >= 0.6 is 0 Å². The molecule has 0 aromatic heterocycles. The van der Waals surface area contributed by atoms with Crippen molar-refractivity contribution in [1.82, 2.24) is 0 Å². The minimum atomic E-state index is -3.25. The lowest BCUT2D eigenvalue weighted by Gasteiger charge is -2.53. The summed E-state index contributed by atoms with van der Waals surface area (Å²) in [5, 5.41) is 0. The summed E-state index contributed by atoms with van der Waals surface area (Å²) in [6.45, 7) is 2.05. The van der Waals surface area contributed by atoms with Gasteiger partial charge in [0, 0.05) is 5.41 Å². The molecule has 0 amide bonds. The molecule has 2 rings (SSSR count). The summed E-state index contributed by atoms with van der Waals surface area (Å²) in [6, 6.07) is 0. The van der Waals surface area contributed by atoms with Crippen LogP contribution in [0.2, 0.25) is 0 Å². The molecule has 1 spiro atoms. The first-order chi connectivity index (χ1) is 5.99. The molecule has 1 aliphatic carbocycles. The standard InChI is InChI=1S/C8H14O4S/c1-13(9,10)12-4-7-2-8(3-7)5-11-6-8/h7H,2-6H2,1H3. The van der Waals surface area contributed by atoms with Crippen molar-refractivity contribution in [2.24, 2.45) is 11.3 Å². The van der Waals surface area contributed by atoms with Gasteiger partial charge in [-0.1, -0.05) is 0 Å². The van der Waals surface area contributed by atoms with Crippen LogP contribution in [0, 0.1) is 11.3 Å². The highest BCUT2D eigenvalue weighted by Crippen LogP contribution is 2.50. The molecule has 2 aliphatic rings. The number of rotatable bonds is 3. The predicted molar refractivity (Wildman–Crippen MR) is 46.8 cm³/mol. The fourth-order valence-corrected chi connectivity index (χ4v) is 2.57. The number of ether oxygens (including phenoxy) is 1. The topological polar surface area (TPSA) is 52.6 Å². The van der Waals surface area contributed by atoms with Crippen molar-refractivity contribution >= 4 is 10.1 Å². The Morgan fingerprint density at radius 2 is 2.08 bits per heavy atom. The summed E-state index contributed by atoms with van der Waals surface area (Å²) in [6.07, 6.45) is 3.21. The molecule has 0 radical (unpaired) electrons. The summed E-state index contributed by atoms with van der Waals surface area (Å²) in [5.74, 6) is 0.415. The molecule has 2 fully saturated rings. The third-order valence-corrected chi connectivity index (χ3v) is 3.34. The molecule has 0 aromatic carbocycles. The van der Waals surface area contributed by atoms with Gasteiger partial charge in [0.25, 0.3) is 10.1 Å². The van der Waals surface area contributed by atoms with Crippen LogP contribution in [0.4, 0.5) is 0 Å². The molecule has 13 heavy (non-hydrogen) atoms. The van der Waals surface area contributed by atoms with Crippen LogP contribution in [0.25, 0.3) is 0 Å². The molecule has 0 aromatic rings. The second-order valence-electron chi connectivity index (χ2n) is 4.26. The zero-order chi connectivity index (χ0) is 9.53. The normalized spacial score (nSPS) is 26.8. The second-order valence-corrected chi connectivity index (χ2v) is 5.90. The van der Waals surface area contributed by atoms with E-state index in [1.165, 1.54) is 0 Å². The lowest BCUT2D eigenvalue weighted by Crippen LogP contribution is -2.53. The Balaban J connectivity index is 1.70. The Kier molecular flexibility index (Phi) is 2.13. The van der Waals surface area contributed by atoms with E-state index in [2.05, 4.69) is 0 Å². The molecule has 76 valence electrons. The highest BCUT2D eigenvalue weighted by molar-refractivity contribution is 7.85.